The lowest BCUT2D eigenvalue weighted by Crippen LogP contribution is -2.40. The number of benzene rings is 2. The Morgan fingerprint density at radius 1 is 1.03 bits per heavy atom. The molecule has 1 amide bonds. The number of likely N-dealkylation sites (tertiary alicyclic amines) is 1. The molecule has 7 nitrogen and oxygen atoms in total. The Labute approximate surface area is 201 Å². The van der Waals surface area contributed by atoms with Gasteiger partial charge >= 0.3 is 0 Å². The average Bonchev–Trinajstić information content (AvgIpc) is 3.39. The number of hydrogen-bond donors (Lipinski definition) is 2. The van der Waals surface area contributed by atoms with Crippen LogP contribution >= 0.6 is 0 Å². The summed E-state index contributed by atoms with van der Waals surface area (Å²) in [6.07, 6.45) is 5.11. The van der Waals surface area contributed by atoms with Gasteiger partial charge in [0.25, 0.3) is 5.91 Å². The number of nitrogens with one attached hydrogen (secondary N) is 2. The Morgan fingerprint density at radius 2 is 1.79 bits per heavy atom. The molecule has 1 unspecified atom stereocenters. The fraction of sp³-hybridized carbons (Fsp3) is 0.346. The van der Waals surface area contributed by atoms with Gasteiger partial charge in [0.1, 0.15) is 5.76 Å². The standard InChI is InChI=1S/C26H31N3O4S/c1-20-12-13-22(34(31,32)28-18-21-9-4-2-5-10-21)17-23(20)26(30)27-19-24(25-11-8-16-33-25)29-14-6-3-7-15-29/h2,4-5,8-13,16-17,24,28H,3,6-7,14-15,18-19H2,1H3,(H,27,30). The number of furan rings is 1. The van der Waals surface area contributed by atoms with Crippen LogP contribution in [0, 0.1) is 6.92 Å². The Balaban J connectivity index is 1.46. The Morgan fingerprint density at radius 3 is 2.50 bits per heavy atom. The van der Waals surface area contributed by atoms with Gasteiger partial charge in [0.2, 0.25) is 10.0 Å². The molecule has 34 heavy (non-hydrogen) atoms. The van der Waals surface area contributed by atoms with E-state index in [1.54, 1.807) is 19.3 Å². The first-order chi connectivity index (χ1) is 16.4. The highest BCUT2D eigenvalue weighted by Crippen LogP contribution is 2.25. The van der Waals surface area contributed by atoms with E-state index in [0.717, 1.165) is 37.3 Å². The van der Waals surface area contributed by atoms with E-state index in [0.29, 0.717) is 17.7 Å². The summed E-state index contributed by atoms with van der Waals surface area (Å²) in [5, 5.41) is 3.01. The molecule has 1 aliphatic heterocycles. The maximum Gasteiger partial charge on any atom is 0.251 e. The zero-order valence-electron chi connectivity index (χ0n) is 19.4. The van der Waals surface area contributed by atoms with Crippen LogP contribution in [0.5, 0.6) is 0 Å². The first-order valence-corrected chi connectivity index (χ1v) is 13.1. The molecule has 0 spiro atoms. The van der Waals surface area contributed by atoms with Gasteiger partial charge in [0.05, 0.1) is 17.2 Å². The lowest BCUT2D eigenvalue weighted by Gasteiger charge is -2.33. The molecule has 180 valence electrons. The fourth-order valence-electron chi connectivity index (χ4n) is 4.28. The van der Waals surface area contributed by atoms with Crippen LogP contribution in [0.1, 0.15) is 52.5 Å². The van der Waals surface area contributed by atoms with Crippen LogP contribution in [-0.2, 0) is 16.6 Å². The maximum atomic E-state index is 13.1. The number of aryl methyl sites for hydroxylation is 1. The molecule has 1 atom stereocenters. The zero-order valence-corrected chi connectivity index (χ0v) is 20.2. The minimum atomic E-state index is -3.77. The van der Waals surface area contributed by atoms with Crippen LogP contribution in [0.4, 0.5) is 0 Å². The summed E-state index contributed by atoms with van der Waals surface area (Å²) in [6.45, 7) is 4.29. The van der Waals surface area contributed by atoms with Crippen LogP contribution < -0.4 is 10.0 Å². The summed E-state index contributed by atoms with van der Waals surface area (Å²) in [4.78, 5) is 15.5. The van der Waals surface area contributed by atoms with E-state index in [4.69, 9.17) is 4.42 Å². The van der Waals surface area contributed by atoms with Gasteiger partial charge in [-0.3, -0.25) is 9.69 Å². The molecule has 1 aromatic heterocycles. The number of sulfonamides is 1. The highest BCUT2D eigenvalue weighted by atomic mass is 32.2. The number of carbonyl (C=O) groups is 1. The lowest BCUT2D eigenvalue weighted by atomic mass is 10.1. The molecule has 4 rings (SSSR count). The Hall–Kier alpha value is -2.94. The zero-order chi connectivity index (χ0) is 24.0. The first-order valence-electron chi connectivity index (χ1n) is 11.6. The van der Waals surface area contributed by atoms with E-state index >= 15 is 0 Å². The third kappa shape index (κ3) is 5.94. The van der Waals surface area contributed by atoms with E-state index in [9.17, 15) is 13.2 Å². The van der Waals surface area contributed by atoms with Crippen LogP contribution in [0.15, 0.2) is 76.2 Å². The summed E-state index contributed by atoms with van der Waals surface area (Å²) < 4.78 is 34.0. The molecule has 1 fully saturated rings. The van der Waals surface area contributed by atoms with Gasteiger partial charge in [-0.05, 0) is 68.2 Å². The third-order valence-corrected chi connectivity index (χ3v) is 7.63. The summed E-state index contributed by atoms with van der Waals surface area (Å²) >= 11 is 0. The largest absolute Gasteiger partial charge is 0.468 e. The highest BCUT2D eigenvalue weighted by molar-refractivity contribution is 7.89. The summed E-state index contributed by atoms with van der Waals surface area (Å²) in [7, 11) is -3.77. The van der Waals surface area contributed by atoms with Crippen LogP contribution in [-0.4, -0.2) is 38.9 Å². The number of nitrogens with zero attached hydrogens (tertiary/aromatic N) is 1. The molecule has 0 aliphatic carbocycles. The monoisotopic (exact) mass is 481 g/mol. The predicted octanol–water partition coefficient (Wildman–Crippen LogP) is 4.02. The summed E-state index contributed by atoms with van der Waals surface area (Å²) in [5.41, 5.74) is 1.92. The van der Waals surface area contributed by atoms with Crippen molar-refractivity contribution in [1.82, 2.24) is 14.9 Å². The van der Waals surface area contributed by atoms with Gasteiger partial charge in [0, 0.05) is 18.7 Å². The van der Waals surface area contributed by atoms with Gasteiger partial charge < -0.3 is 9.73 Å². The number of hydrogen-bond acceptors (Lipinski definition) is 5. The van der Waals surface area contributed by atoms with Gasteiger partial charge in [-0.2, -0.15) is 0 Å². The van der Waals surface area contributed by atoms with Crippen molar-refractivity contribution in [1.29, 1.82) is 0 Å². The van der Waals surface area contributed by atoms with Crippen molar-refractivity contribution in [2.24, 2.45) is 0 Å². The summed E-state index contributed by atoms with van der Waals surface area (Å²) in [5.74, 6) is 0.520. The molecule has 1 saturated heterocycles. The molecule has 2 aromatic carbocycles. The van der Waals surface area contributed by atoms with Gasteiger partial charge in [-0.25, -0.2) is 13.1 Å². The van der Waals surface area contributed by atoms with Crippen molar-refractivity contribution < 1.29 is 17.6 Å². The van der Waals surface area contributed by atoms with Crippen molar-refractivity contribution in [3.8, 4) is 0 Å². The number of carbonyl (C=O) groups excluding carboxylic acids is 1. The Kier molecular flexibility index (Phi) is 7.82. The van der Waals surface area contributed by atoms with Crippen molar-refractivity contribution in [2.45, 2.75) is 43.7 Å². The predicted molar refractivity (Wildman–Crippen MR) is 131 cm³/mol. The van der Waals surface area contributed by atoms with Gasteiger partial charge in [0.15, 0.2) is 0 Å². The molecule has 0 saturated carbocycles. The smallest absolute Gasteiger partial charge is 0.251 e. The molecule has 2 N–H and O–H groups in total. The molecular formula is C26H31N3O4S. The number of piperidine rings is 1. The van der Waals surface area contributed by atoms with Crippen molar-refractivity contribution in [3.63, 3.8) is 0 Å². The van der Waals surface area contributed by atoms with Crippen molar-refractivity contribution in [2.75, 3.05) is 19.6 Å². The highest BCUT2D eigenvalue weighted by Gasteiger charge is 2.26. The average molecular weight is 482 g/mol. The maximum absolute atomic E-state index is 13.1. The first kappa shape index (κ1) is 24.2. The second-order valence-electron chi connectivity index (χ2n) is 8.62. The quantitative estimate of drug-likeness (QED) is 0.482. The summed E-state index contributed by atoms with van der Waals surface area (Å²) in [6, 6.07) is 17.7. The van der Waals surface area contributed by atoms with Crippen molar-refractivity contribution >= 4 is 15.9 Å². The van der Waals surface area contributed by atoms with Gasteiger partial charge in [-0.15, -0.1) is 0 Å². The second kappa shape index (κ2) is 11.0. The molecule has 1 aliphatic rings. The van der Waals surface area contributed by atoms with Crippen LogP contribution in [0.2, 0.25) is 0 Å². The van der Waals surface area contributed by atoms with Crippen molar-refractivity contribution in [3.05, 3.63) is 89.4 Å². The normalized spacial score (nSPS) is 15.7. The number of rotatable bonds is 9. The molecule has 0 radical (unpaired) electrons. The number of amides is 1. The SMILES string of the molecule is Cc1ccc(S(=O)(=O)NCc2ccccc2)cc1C(=O)NCC(c1ccco1)N1CCCCC1. The van der Waals surface area contributed by atoms with Crippen LogP contribution in [0.25, 0.3) is 0 Å². The Bertz CT molecular complexity index is 1190. The third-order valence-electron chi connectivity index (χ3n) is 6.23. The lowest BCUT2D eigenvalue weighted by molar-refractivity contribution is 0.0913. The molecule has 2 heterocycles. The molecule has 0 bridgehead atoms. The fourth-order valence-corrected chi connectivity index (χ4v) is 5.32. The van der Waals surface area contributed by atoms with E-state index in [2.05, 4.69) is 14.9 Å². The van der Waals surface area contributed by atoms with E-state index in [-0.39, 0.29) is 23.4 Å². The van der Waals surface area contributed by atoms with Crippen LogP contribution in [0.3, 0.4) is 0 Å². The molecular weight excluding hydrogens is 450 g/mol. The van der Waals surface area contributed by atoms with E-state index in [1.165, 1.54) is 18.6 Å². The van der Waals surface area contributed by atoms with E-state index in [1.807, 2.05) is 42.5 Å². The van der Waals surface area contributed by atoms with E-state index < -0.39 is 10.0 Å². The molecule has 8 heteroatoms. The topological polar surface area (TPSA) is 91.6 Å². The van der Waals surface area contributed by atoms with Gasteiger partial charge in [-0.1, -0.05) is 42.8 Å². The second-order valence-corrected chi connectivity index (χ2v) is 10.4. The minimum absolute atomic E-state index is 0.0565. The minimum Gasteiger partial charge on any atom is -0.468 e. The molecule has 3 aromatic rings.